The van der Waals surface area contributed by atoms with Crippen LogP contribution in [0.3, 0.4) is 0 Å². The van der Waals surface area contributed by atoms with Gasteiger partial charge in [-0.25, -0.2) is 9.98 Å². The van der Waals surface area contributed by atoms with Crippen LogP contribution in [0.4, 0.5) is 5.82 Å². The summed E-state index contributed by atoms with van der Waals surface area (Å²) in [5.74, 6) is 1.71. The number of hydrogen-bond acceptors (Lipinski definition) is 4. The fourth-order valence-corrected chi connectivity index (χ4v) is 2.35. The number of pyridine rings is 1. The molecule has 0 bridgehead atoms. The first-order valence-electron chi connectivity index (χ1n) is 8.37. The zero-order chi connectivity index (χ0) is 17.9. The first-order valence-corrected chi connectivity index (χ1v) is 8.37. The summed E-state index contributed by atoms with van der Waals surface area (Å²) in [5.41, 5.74) is 2.29. The van der Waals surface area contributed by atoms with Crippen LogP contribution in [0.1, 0.15) is 11.1 Å². The number of guanidine groups is 1. The fraction of sp³-hybridized carbons (Fsp3) is 0.368. The van der Waals surface area contributed by atoms with E-state index in [1.165, 1.54) is 5.56 Å². The van der Waals surface area contributed by atoms with Gasteiger partial charge in [0, 0.05) is 46.1 Å². The Morgan fingerprint density at radius 3 is 2.58 bits per heavy atom. The number of halogens is 1. The summed E-state index contributed by atoms with van der Waals surface area (Å²) < 4.78 is 5.11. The van der Waals surface area contributed by atoms with Gasteiger partial charge >= 0.3 is 0 Å². The highest BCUT2D eigenvalue weighted by Gasteiger charge is 2.06. The SMILES string of the molecule is COCCNC(=NCc1ccccc1)NCc1cccnc1N(C)C.I. The monoisotopic (exact) mass is 469 g/mol. The van der Waals surface area contributed by atoms with E-state index in [9.17, 15) is 0 Å². The van der Waals surface area contributed by atoms with E-state index in [2.05, 4.69) is 38.8 Å². The minimum absolute atomic E-state index is 0. The van der Waals surface area contributed by atoms with Crippen LogP contribution in [0.15, 0.2) is 53.7 Å². The number of aromatic nitrogens is 1. The Hall–Kier alpha value is -1.87. The van der Waals surface area contributed by atoms with Crippen LogP contribution >= 0.6 is 24.0 Å². The lowest BCUT2D eigenvalue weighted by atomic mass is 10.2. The maximum atomic E-state index is 5.11. The van der Waals surface area contributed by atoms with Crippen LogP contribution < -0.4 is 15.5 Å². The maximum absolute atomic E-state index is 5.11. The number of methoxy groups -OCH3 is 1. The molecule has 1 aromatic heterocycles. The van der Waals surface area contributed by atoms with Crippen LogP contribution in [0.2, 0.25) is 0 Å². The molecular formula is C19H28IN5O. The maximum Gasteiger partial charge on any atom is 0.191 e. The van der Waals surface area contributed by atoms with E-state index in [1.807, 2.05) is 43.3 Å². The van der Waals surface area contributed by atoms with Gasteiger partial charge in [-0.05, 0) is 11.6 Å². The summed E-state index contributed by atoms with van der Waals surface area (Å²) in [6.07, 6.45) is 1.81. The smallest absolute Gasteiger partial charge is 0.191 e. The Balaban J connectivity index is 0.00000338. The zero-order valence-electron chi connectivity index (χ0n) is 15.6. The third-order valence-corrected chi connectivity index (χ3v) is 3.60. The van der Waals surface area contributed by atoms with Crippen molar-refractivity contribution in [2.75, 3.05) is 39.3 Å². The molecule has 2 N–H and O–H groups in total. The second-order valence-corrected chi connectivity index (χ2v) is 5.80. The van der Waals surface area contributed by atoms with Crippen molar-refractivity contribution in [3.8, 4) is 0 Å². The van der Waals surface area contributed by atoms with Gasteiger partial charge < -0.3 is 20.3 Å². The van der Waals surface area contributed by atoms with Crippen molar-refractivity contribution in [2.24, 2.45) is 4.99 Å². The lowest BCUT2D eigenvalue weighted by Gasteiger charge is -2.17. The molecule has 0 saturated heterocycles. The largest absolute Gasteiger partial charge is 0.383 e. The van der Waals surface area contributed by atoms with Crippen molar-refractivity contribution in [2.45, 2.75) is 13.1 Å². The van der Waals surface area contributed by atoms with Gasteiger partial charge in [0.2, 0.25) is 0 Å². The number of nitrogens with zero attached hydrogens (tertiary/aromatic N) is 3. The summed E-state index contributed by atoms with van der Waals surface area (Å²) in [6.45, 7) is 2.60. The van der Waals surface area contributed by atoms with Gasteiger partial charge in [-0.3, -0.25) is 0 Å². The average Bonchev–Trinajstić information content (AvgIpc) is 2.64. The highest BCUT2D eigenvalue weighted by molar-refractivity contribution is 14.0. The average molecular weight is 469 g/mol. The summed E-state index contributed by atoms with van der Waals surface area (Å²) >= 11 is 0. The van der Waals surface area contributed by atoms with Crippen molar-refractivity contribution in [3.63, 3.8) is 0 Å². The molecule has 1 aromatic carbocycles. The van der Waals surface area contributed by atoms with Crippen LogP contribution in [0.25, 0.3) is 0 Å². The van der Waals surface area contributed by atoms with E-state index in [0.717, 1.165) is 17.3 Å². The van der Waals surface area contributed by atoms with E-state index in [-0.39, 0.29) is 24.0 Å². The molecule has 0 atom stereocenters. The van der Waals surface area contributed by atoms with Crippen LogP contribution in [0.5, 0.6) is 0 Å². The van der Waals surface area contributed by atoms with E-state index in [1.54, 1.807) is 13.3 Å². The van der Waals surface area contributed by atoms with E-state index in [0.29, 0.717) is 26.2 Å². The van der Waals surface area contributed by atoms with E-state index < -0.39 is 0 Å². The Labute approximate surface area is 173 Å². The third kappa shape index (κ3) is 7.57. The Bertz CT molecular complexity index is 664. The Morgan fingerprint density at radius 1 is 1.12 bits per heavy atom. The standard InChI is InChI=1S/C19H27N5O.HI/c1-24(2)18-17(10-7-11-20-18)15-23-19(21-12-13-25-3)22-14-16-8-5-4-6-9-16;/h4-11H,12-15H2,1-3H3,(H2,21,22,23);1H. The molecule has 0 unspecified atom stereocenters. The molecule has 0 radical (unpaired) electrons. The predicted octanol–water partition coefficient (Wildman–Crippen LogP) is 2.65. The number of ether oxygens (including phenoxy) is 1. The summed E-state index contributed by atoms with van der Waals surface area (Å²) in [4.78, 5) is 11.1. The second-order valence-electron chi connectivity index (χ2n) is 5.80. The lowest BCUT2D eigenvalue weighted by Crippen LogP contribution is -2.39. The molecule has 6 nitrogen and oxygen atoms in total. The molecule has 2 rings (SSSR count). The molecule has 7 heteroatoms. The van der Waals surface area contributed by atoms with Crippen molar-refractivity contribution < 1.29 is 4.74 Å². The van der Waals surface area contributed by atoms with Crippen molar-refractivity contribution in [3.05, 3.63) is 59.8 Å². The van der Waals surface area contributed by atoms with Crippen LogP contribution in [-0.4, -0.2) is 45.3 Å². The van der Waals surface area contributed by atoms with E-state index >= 15 is 0 Å². The molecule has 0 fully saturated rings. The van der Waals surface area contributed by atoms with Gasteiger partial charge in [0.1, 0.15) is 5.82 Å². The number of nitrogens with one attached hydrogen (secondary N) is 2. The topological polar surface area (TPSA) is 61.8 Å². The minimum Gasteiger partial charge on any atom is -0.383 e. The number of rotatable bonds is 8. The van der Waals surface area contributed by atoms with Crippen molar-refractivity contribution in [1.82, 2.24) is 15.6 Å². The van der Waals surface area contributed by atoms with Gasteiger partial charge in [0.25, 0.3) is 0 Å². The van der Waals surface area contributed by atoms with Crippen LogP contribution in [-0.2, 0) is 17.8 Å². The van der Waals surface area contributed by atoms with Crippen LogP contribution in [0, 0.1) is 0 Å². The number of anilines is 1. The highest BCUT2D eigenvalue weighted by Crippen LogP contribution is 2.13. The molecular weight excluding hydrogens is 441 g/mol. The van der Waals surface area contributed by atoms with Gasteiger partial charge in [0.05, 0.1) is 13.2 Å². The molecule has 0 saturated carbocycles. The quantitative estimate of drug-likeness (QED) is 0.270. The molecule has 0 aliphatic rings. The molecule has 0 aliphatic carbocycles. The van der Waals surface area contributed by atoms with E-state index in [4.69, 9.17) is 4.74 Å². The first kappa shape index (κ1) is 22.2. The molecule has 26 heavy (non-hydrogen) atoms. The predicted molar refractivity (Wildman–Crippen MR) is 118 cm³/mol. The normalized spacial score (nSPS) is 10.8. The third-order valence-electron chi connectivity index (χ3n) is 3.60. The zero-order valence-corrected chi connectivity index (χ0v) is 17.9. The fourth-order valence-electron chi connectivity index (χ4n) is 2.35. The molecule has 0 aliphatic heterocycles. The number of aliphatic imine (C=N–C) groups is 1. The number of hydrogen-bond donors (Lipinski definition) is 2. The van der Waals surface area contributed by atoms with Gasteiger partial charge in [-0.2, -0.15) is 0 Å². The first-order chi connectivity index (χ1) is 12.2. The molecule has 0 amide bonds. The number of benzene rings is 1. The Morgan fingerprint density at radius 2 is 1.88 bits per heavy atom. The molecule has 2 aromatic rings. The van der Waals surface area contributed by atoms with Crippen molar-refractivity contribution >= 4 is 35.8 Å². The second kappa shape index (κ2) is 12.5. The summed E-state index contributed by atoms with van der Waals surface area (Å²) in [7, 11) is 5.68. The van der Waals surface area contributed by atoms with Crippen molar-refractivity contribution in [1.29, 1.82) is 0 Å². The summed E-state index contributed by atoms with van der Waals surface area (Å²) in [5, 5.41) is 6.67. The molecule has 0 spiro atoms. The van der Waals surface area contributed by atoms with Gasteiger partial charge in [-0.15, -0.1) is 24.0 Å². The minimum atomic E-state index is 0. The summed E-state index contributed by atoms with van der Waals surface area (Å²) in [6, 6.07) is 14.2. The van der Waals surface area contributed by atoms with Gasteiger partial charge in [-0.1, -0.05) is 36.4 Å². The molecule has 1 heterocycles. The Kier molecular flexibility index (Phi) is 10.6. The molecule has 142 valence electrons. The lowest BCUT2D eigenvalue weighted by molar-refractivity contribution is 0.203. The highest BCUT2D eigenvalue weighted by atomic mass is 127. The van der Waals surface area contributed by atoms with Gasteiger partial charge in [0.15, 0.2) is 5.96 Å².